The van der Waals surface area contributed by atoms with Gasteiger partial charge in [-0.25, -0.2) is 0 Å². The number of aryl methyl sites for hydroxylation is 2. The van der Waals surface area contributed by atoms with E-state index < -0.39 is 0 Å². The lowest BCUT2D eigenvalue weighted by molar-refractivity contribution is -0.121. The minimum atomic E-state index is -0.131. The highest BCUT2D eigenvalue weighted by Gasteiger charge is 2.10. The van der Waals surface area contributed by atoms with Crippen molar-refractivity contribution in [3.8, 4) is 0 Å². The molecule has 0 radical (unpaired) electrons. The molecule has 0 aliphatic rings. The van der Waals surface area contributed by atoms with Crippen molar-refractivity contribution in [3.05, 3.63) is 59.0 Å². The molecule has 1 N–H and O–H groups in total. The van der Waals surface area contributed by atoms with E-state index in [4.69, 9.17) is 4.42 Å². The van der Waals surface area contributed by atoms with E-state index in [1.807, 2.05) is 32.0 Å². The van der Waals surface area contributed by atoms with Gasteiger partial charge in [0, 0.05) is 30.5 Å². The highest BCUT2D eigenvalue weighted by atomic mass is 16.3. The molecule has 1 heterocycles. The number of carbonyl (C=O) groups is 2. The molecule has 0 bridgehead atoms. The third kappa shape index (κ3) is 4.31. The number of carbonyl (C=O) groups excluding carboxylic acids is 2. The van der Waals surface area contributed by atoms with Crippen LogP contribution in [0.5, 0.6) is 0 Å². The monoisotopic (exact) mass is 285 g/mol. The van der Waals surface area contributed by atoms with Crippen molar-refractivity contribution in [1.29, 1.82) is 0 Å². The molecular formula is C17H19NO3. The zero-order chi connectivity index (χ0) is 15.2. The number of hydrogen-bond acceptors (Lipinski definition) is 3. The van der Waals surface area contributed by atoms with Gasteiger partial charge in [-0.05, 0) is 37.1 Å². The first kappa shape index (κ1) is 15.0. The normalized spacial score (nSPS) is 10.4. The first-order chi connectivity index (χ1) is 10.1. The molecule has 2 rings (SSSR count). The zero-order valence-corrected chi connectivity index (χ0v) is 12.3. The Balaban J connectivity index is 1.80. The van der Waals surface area contributed by atoms with Crippen molar-refractivity contribution in [1.82, 2.24) is 5.32 Å². The van der Waals surface area contributed by atoms with Gasteiger partial charge in [-0.1, -0.05) is 12.1 Å². The molecule has 0 spiro atoms. The fraction of sp³-hybridized carbons (Fsp3) is 0.294. The number of furan rings is 1. The maximum absolute atomic E-state index is 12.1. The van der Waals surface area contributed by atoms with Crippen molar-refractivity contribution < 1.29 is 14.0 Å². The predicted molar refractivity (Wildman–Crippen MR) is 80.0 cm³/mol. The van der Waals surface area contributed by atoms with Crippen LogP contribution in [0.3, 0.4) is 0 Å². The molecule has 21 heavy (non-hydrogen) atoms. The van der Waals surface area contributed by atoms with Crippen molar-refractivity contribution in [3.63, 3.8) is 0 Å². The van der Waals surface area contributed by atoms with Gasteiger partial charge in [0.1, 0.15) is 0 Å². The van der Waals surface area contributed by atoms with Crippen LogP contribution in [0, 0.1) is 13.8 Å². The summed E-state index contributed by atoms with van der Waals surface area (Å²) in [6.45, 7) is 4.41. The first-order valence-corrected chi connectivity index (χ1v) is 6.94. The lowest BCUT2D eigenvalue weighted by atomic mass is 10.0. The van der Waals surface area contributed by atoms with E-state index in [1.165, 1.54) is 0 Å². The molecule has 2 aromatic rings. The molecular weight excluding hydrogens is 266 g/mol. The Morgan fingerprint density at radius 1 is 1.10 bits per heavy atom. The smallest absolute Gasteiger partial charge is 0.220 e. The Bertz CT molecular complexity index is 629. The number of Topliss-reactive ketones (excluding diaryl/α,β-unsaturated/α-hetero) is 1. The van der Waals surface area contributed by atoms with Crippen LogP contribution in [0.15, 0.2) is 41.2 Å². The van der Waals surface area contributed by atoms with Crippen LogP contribution in [-0.2, 0) is 11.3 Å². The van der Waals surface area contributed by atoms with Crippen LogP contribution in [0.25, 0.3) is 0 Å². The maximum Gasteiger partial charge on any atom is 0.220 e. The van der Waals surface area contributed by atoms with Crippen LogP contribution >= 0.6 is 0 Å². The van der Waals surface area contributed by atoms with Crippen molar-refractivity contribution in [2.75, 3.05) is 0 Å². The number of rotatable bonds is 6. The van der Waals surface area contributed by atoms with Gasteiger partial charge in [0.05, 0.1) is 12.5 Å². The van der Waals surface area contributed by atoms with E-state index in [9.17, 15) is 9.59 Å². The molecule has 0 fully saturated rings. The molecule has 0 atom stereocenters. The predicted octanol–water partition coefficient (Wildman–Crippen LogP) is 3.18. The number of benzene rings is 1. The Morgan fingerprint density at radius 2 is 1.90 bits per heavy atom. The summed E-state index contributed by atoms with van der Waals surface area (Å²) in [5.41, 5.74) is 3.82. The van der Waals surface area contributed by atoms with E-state index in [1.54, 1.807) is 18.6 Å². The number of nitrogens with one attached hydrogen (secondary N) is 1. The third-order valence-corrected chi connectivity index (χ3v) is 3.48. The maximum atomic E-state index is 12.1. The lowest BCUT2D eigenvalue weighted by Crippen LogP contribution is -2.23. The summed E-state index contributed by atoms with van der Waals surface area (Å²) in [6.07, 6.45) is 3.56. The fourth-order valence-corrected chi connectivity index (χ4v) is 1.97. The van der Waals surface area contributed by atoms with Crippen molar-refractivity contribution in [2.24, 2.45) is 0 Å². The van der Waals surface area contributed by atoms with E-state index in [0.717, 1.165) is 16.7 Å². The van der Waals surface area contributed by atoms with E-state index in [-0.39, 0.29) is 24.5 Å². The third-order valence-electron chi connectivity index (χ3n) is 3.48. The summed E-state index contributed by atoms with van der Waals surface area (Å²) in [5, 5.41) is 2.76. The molecule has 1 aromatic heterocycles. The topological polar surface area (TPSA) is 59.3 Å². The largest absolute Gasteiger partial charge is 0.472 e. The fourth-order valence-electron chi connectivity index (χ4n) is 1.97. The molecule has 4 nitrogen and oxygen atoms in total. The average Bonchev–Trinajstić information content (AvgIpc) is 2.98. The van der Waals surface area contributed by atoms with Crippen molar-refractivity contribution >= 4 is 11.7 Å². The summed E-state index contributed by atoms with van der Waals surface area (Å²) >= 11 is 0. The Hall–Kier alpha value is -2.36. The summed E-state index contributed by atoms with van der Waals surface area (Å²) in [7, 11) is 0. The number of amides is 1. The van der Waals surface area contributed by atoms with Gasteiger partial charge in [0.15, 0.2) is 5.78 Å². The molecule has 0 saturated carbocycles. The average molecular weight is 285 g/mol. The second kappa shape index (κ2) is 6.88. The highest BCUT2D eigenvalue weighted by Crippen LogP contribution is 2.12. The number of hydrogen-bond donors (Lipinski definition) is 1. The van der Waals surface area contributed by atoms with E-state index in [0.29, 0.717) is 12.1 Å². The Kier molecular flexibility index (Phi) is 4.93. The van der Waals surface area contributed by atoms with Crippen LogP contribution in [0.4, 0.5) is 0 Å². The van der Waals surface area contributed by atoms with Crippen LogP contribution in [0.2, 0.25) is 0 Å². The molecule has 1 aromatic carbocycles. The van der Waals surface area contributed by atoms with E-state index in [2.05, 4.69) is 5.32 Å². The van der Waals surface area contributed by atoms with Crippen LogP contribution < -0.4 is 5.32 Å². The second-order valence-corrected chi connectivity index (χ2v) is 5.13. The van der Waals surface area contributed by atoms with Gasteiger partial charge in [-0.15, -0.1) is 0 Å². The van der Waals surface area contributed by atoms with Crippen LogP contribution in [-0.4, -0.2) is 11.7 Å². The molecule has 4 heteroatoms. The molecule has 1 amide bonds. The molecule has 0 saturated heterocycles. The standard InChI is InChI=1S/C17H19NO3/c1-12-3-4-15(9-13(12)2)16(19)5-6-17(20)18-10-14-7-8-21-11-14/h3-4,7-9,11H,5-6,10H2,1-2H3,(H,18,20). The van der Waals surface area contributed by atoms with Gasteiger partial charge in [-0.2, -0.15) is 0 Å². The highest BCUT2D eigenvalue weighted by molar-refractivity contribution is 5.98. The summed E-state index contributed by atoms with van der Waals surface area (Å²) < 4.78 is 4.92. The molecule has 0 aliphatic carbocycles. The number of ketones is 1. The van der Waals surface area contributed by atoms with E-state index >= 15 is 0 Å². The van der Waals surface area contributed by atoms with Gasteiger partial charge >= 0.3 is 0 Å². The summed E-state index contributed by atoms with van der Waals surface area (Å²) in [5.74, 6) is -0.134. The molecule has 110 valence electrons. The minimum absolute atomic E-state index is 0.00318. The van der Waals surface area contributed by atoms with Crippen LogP contribution in [0.1, 0.15) is 39.9 Å². The quantitative estimate of drug-likeness (QED) is 0.829. The van der Waals surface area contributed by atoms with Crippen molar-refractivity contribution in [2.45, 2.75) is 33.2 Å². The van der Waals surface area contributed by atoms with Gasteiger partial charge in [0.25, 0.3) is 0 Å². The molecule has 0 aliphatic heterocycles. The lowest BCUT2D eigenvalue weighted by Gasteiger charge is -2.05. The summed E-state index contributed by atoms with van der Waals surface area (Å²) in [4.78, 5) is 23.8. The minimum Gasteiger partial charge on any atom is -0.472 e. The van der Waals surface area contributed by atoms with Gasteiger partial charge in [0.2, 0.25) is 5.91 Å². The van der Waals surface area contributed by atoms with Gasteiger partial charge in [-0.3, -0.25) is 9.59 Å². The first-order valence-electron chi connectivity index (χ1n) is 6.94. The Labute approximate surface area is 124 Å². The Morgan fingerprint density at radius 3 is 2.57 bits per heavy atom. The van der Waals surface area contributed by atoms with Gasteiger partial charge < -0.3 is 9.73 Å². The SMILES string of the molecule is Cc1ccc(C(=O)CCC(=O)NCc2ccoc2)cc1C. The molecule has 0 unspecified atom stereocenters. The second-order valence-electron chi connectivity index (χ2n) is 5.13. The summed E-state index contributed by atoms with van der Waals surface area (Å²) in [6, 6.07) is 7.41. The zero-order valence-electron chi connectivity index (χ0n) is 12.3.